The lowest BCUT2D eigenvalue weighted by Gasteiger charge is -2.15. The van der Waals surface area contributed by atoms with Crippen LogP contribution in [0.1, 0.15) is 78.9 Å². The van der Waals surface area contributed by atoms with Gasteiger partial charge < -0.3 is 19.9 Å². The zero-order chi connectivity index (χ0) is 22.4. The van der Waals surface area contributed by atoms with Gasteiger partial charge in [-0.15, -0.1) is 0 Å². The molecule has 1 aliphatic heterocycles. The lowest BCUT2D eigenvalue weighted by atomic mass is 9.94. The monoisotopic (exact) mass is 427 g/mol. The van der Waals surface area contributed by atoms with E-state index in [1.54, 1.807) is 7.11 Å². The molecule has 3 rings (SSSR count). The van der Waals surface area contributed by atoms with Gasteiger partial charge in [0.15, 0.2) is 0 Å². The van der Waals surface area contributed by atoms with Crippen LogP contribution in [0, 0.1) is 6.92 Å². The van der Waals surface area contributed by atoms with E-state index in [-0.39, 0.29) is 23.8 Å². The number of fused-ring (bicyclic) bond motifs is 1. The van der Waals surface area contributed by atoms with Gasteiger partial charge in [-0.05, 0) is 64.4 Å². The van der Waals surface area contributed by atoms with Crippen molar-refractivity contribution < 1.29 is 24.2 Å². The minimum Gasteiger partial charge on any atom is -0.507 e. The molecule has 0 bridgehead atoms. The molecule has 0 atom stereocenters. The zero-order valence-corrected chi connectivity index (χ0v) is 18.8. The molecule has 1 aliphatic carbocycles. The first-order valence-electron chi connectivity index (χ1n) is 11.1. The molecule has 2 N–H and O–H groups in total. The Balaban J connectivity index is 1.55. The van der Waals surface area contributed by atoms with Crippen LogP contribution in [0.2, 0.25) is 0 Å². The predicted octanol–water partition coefficient (Wildman–Crippen LogP) is 4.66. The van der Waals surface area contributed by atoms with Gasteiger partial charge >= 0.3 is 5.97 Å². The van der Waals surface area contributed by atoms with Gasteiger partial charge in [0.25, 0.3) is 0 Å². The molecule has 1 aromatic carbocycles. The van der Waals surface area contributed by atoms with E-state index in [1.807, 2.05) is 19.9 Å². The van der Waals surface area contributed by atoms with Crippen LogP contribution in [0.25, 0.3) is 0 Å². The highest BCUT2D eigenvalue weighted by Gasteiger charge is 2.31. The molecule has 0 saturated heterocycles. The fraction of sp³-hybridized carbons (Fsp3) is 0.520. The van der Waals surface area contributed by atoms with Gasteiger partial charge in [-0.2, -0.15) is 0 Å². The molecule has 6 nitrogen and oxygen atoms in total. The maximum Gasteiger partial charge on any atom is 0.342 e. The molecule has 0 saturated carbocycles. The summed E-state index contributed by atoms with van der Waals surface area (Å²) in [6, 6.07) is 0. The molecule has 0 spiro atoms. The fourth-order valence-corrected chi connectivity index (χ4v) is 4.30. The van der Waals surface area contributed by atoms with Gasteiger partial charge in [0.1, 0.15) is 23.7 Å². The summed E-state index contributed by atoms with van der Waals surface area (Å²) in [6.45, 7) is 4.69. The van der Waals surface area contributed by atoms with Crippen LogP contribution in [0.4, 0.5) is 0 Å². The van der Waals surface area contributed by atoms with E-state index in [9.17, 15) is 14.7 Å². The van der Waals surface area contributed by atoms with E-state index in [0.717, 1.165) is 24.0 Å². The maximum absolute atomic E-state index is 12.2. The minimum atomic E-state index is -0.499. The Morgan fingerprint density at radius 2 is 2.13 bits per heavy atom. The summed E-state index contributed by atoms with van der Waals surface area (Å²) in [6.07, 6.45) is 11.6. The number of esters is 1. The van der Waals surface area contributed by atoms with Crippen LogP contribution in [0.3, 0.4) is 0 Å². The van der Waals surface area contributed by atoms with Crippen LogP contribution in [0.15, 0.2) is 23.3 Å². The minimum absolute atomic E-state index is 0.0562. The Labute approximate surface area is 184 Å². The number of hydrogen-bond donors (Lipinski definition) is 2. The number of hydrogen-bond acceptors (Lipinski definition) is 5. The summed E-state index contributed by atoms with van der Waals surface area (Å²) in [7, 11) is 1.56. The summed E-state index contributed by atoms with van der Waals surface area (Å²) in [4.78, 5) is 24.2. The number of phenolic OH excluding ortho intramolecular Hbond substituents is 1. The molecule has 1 amide bonds. The van der Waals surface area contributed by atoms with Gasteiger partial charge in [-0.3, -0.25) is 4.79 Å². The number of phenols is 1. The smallest absolute Gasteiger partial charge is 0.342 e. The molecule has 1 heterocycles. The van der Waals surface area contributed by atoms with Crippen LogP contribution >= 0.6 is 0 Å². The molecule has 168 valence electrons. The van der Waals surface area contributed by atoms with Crippen molar-refractivity contribution in [2.45, 2.75) is 71.8 Å². The van der Waals surface area contributed by atoms with Crippen LogP contribution in [-0.2, 0) is 22.6 Å². The number of aromatic hydroxyl groups is 1. The highest BCUT2D eigenvalue weighted by Crippen LogP contribution is 2.42. The third-order valence-electron chi connectivity index (χ3n) is 6.20. The molecule has 0 unspecified atom stereocenters. The number of benzene rings is 1. The first-order valence-corrected chi connectivity index (χ1v) is 11.1. The van der Waals surface area contributed by atoms with E-state index in [1.165, 1.54) is 24.8 Å². The van der Waals surface area contributed by atoms with E-state index >= 15 is 0 Å². The molecule has 6 heteroatoms. The Hall–Kier alpha value is -2.76. The third kappa shape index (κ3) is 5.49. The van der Waals surface area contributed by atoms with Gasteiger partial charge in [-0.25, -0.2) is 4.79 Å². The van der Waals surface area contributed by atoms with Crippen molar-refractivity contribution in [1.29, 1.82) is 0 Å². The molecule has 2 aliphatic rings. The van der Waals surface area contributed by atoms with Gasteiger partial charge in [0.05, 0.1) is 7.11 Å². The molecule has 0 radical (unpaired) electrons. The van der Waals surface area contributed by atoms with Crippen LogP contribution in [-0.4, -0.2) is 30.6 Å². The van der Waals surface area contributed by atoms with Crippen molar-refractivity contribution in [2.24, 2.45) is 0 Å². The standard InChI is InChI=1S/C25H33NO5/c1-16(10-12-21(27)26-14-13-18-7-5-4-6-8-18)9-11-19-23(28)22-20(15-31-25(22)29)17(2)24(19)30-3/h7,9,28H,4-6,8,10-15H2,1-3H3,(H,26,27)/b16-9+. The Morgan fingerprint density at radius 3 is 2.84 bits per heavy atom. The van der Waals surface area contributed by atoms with E-state index < -0.39 is 5.97 Å². The van der Waals surface area contributed by atoms with Gasteiger partial charge in [0, 0.05) is 24.1 Å². The quantitative estimate of drug-likeness (QED) is 0.442. The Morgan fingerprint density at radius 1 is 1.32 bits per heavy atom. The lowest BCUT2D eigenvalue weighted by molar-refractivity contribution is -0.121. The van der Waals surface area contributed by atoms with E-state index in [2.05, 4.69) is 11.4 Å². The zero-order valence-electron chi connectivity index (χ0n) is 18.8. The van der Waals surface area contributed by atoms with E-state index in [0.29, 0.717) is 42.7 Å². The topological polar surface area (TPSA) is 84.9 Å². The maximum atomic E-state index is 12.2. The van der Waals surface area contributed by atoms with Crippen LogP contribution in [0.5, 0.6) is 11.5 Å². The van der Waals surface area contributed by atoms with Gasteiger partial charge in [0.2, 0.25) is 5.91 Å². The second kappa shape index (κ2) is 10.5. The average molecular weight is 428 g/mol. The Kier molecular flexibility index (Phi) is 7.77. The summed E-state index contributed by atoms with van der Waals surface area (Å²) in [5, 5.41) is 13.7. The van der Waals surface area contributed by atoms with Gasteiger partial charge in [-0.1, -0.05) is 23.3 Å². The largest absolute Gasteiger partial charge is 0.507 e. The number of cyclic esters (lactones) is 1. The van der Waals surface area contributed by atoms with Crippen molar-refractivity contribution in [1.82, 2.24) is 5.32 Å². The first kappa shape index (κ1) is 22.9. The highest BCUT2D eigenvalue weighted by atomic mass is 16.5. The molecular weight excluding hydrogens is 394 g/mol. The number of ether oxygens (including phenoxy) is 2. The summed E-state index contributed by atoms with van der Waals surface area (Å²) >= 11 is 0. The second-order valence-corrected chi connectivity index (χ2v) is 8.38. The van der Waals surface area contributed by atoms with Crippen molar-refractivity contribution in [3.8, 4) is 11.5 Å². The third-order valence-corrected chi connectivity index (χ3v) is 6.20. The fourth-order valence-electron chi connectivity index (χ4n) is 4.30. The highest BCUT2D eigenvalue weighted by molar-refractivity contribution is 5.98. The van der Waals surface area contributed by atoms with Crippen LogP contribution < -0.4 is 10.1 Å². The number of carbonyl (C=O) groups is 2. The molecule has 0 aromatic heterocycles. The predicted molar refractivity (Wildman–Crippen MR) is 119 cm³/mol. The normalized spacial score (nSPS) is 15.9. The second-order valence-electron chi connectivity index (χ2n) is 8.38. The average Bonchev–Trinajstić information content (AvgIpc) is 3.16. The number of rotatable bonds is 9. The molecule has 31 heavy (non-hydrogen) atoms. The van der Waals surface area contributed by atoms with Crippen molar-refractivity contribution in [3.05, 3.63) is 45.6 Å². The Bertz CT molecular complexity index is 913. The summed E-state index contributed by atoms with van der Waals surface area (Å²) < 4.78 is 10.6. The van der Waals surface area contributed by atoms with Crippen molar-refractivity contribution >= 4 is 11.9 Å². The number of amides is 1. The van der Waals surface area contributed by atoms with Crippen molar-refractivity contribution in [2.75, 3.05) is 13.7 Å². The summed E-state index contributed by atoms with van der Waals surface area (Å²) in [5.74, 6) is 0.0636. The first-order chi connectivity index (χ1) is 14.9. The van der Waals surface area contributed by atoms with Crippen molar-refractivity contribution in [3.63, 3.8) is 0 Å². The number of methoxy groups -OCH3 is 1. The molecule has 1 aromatic rings. The van der Waals surface area contributed by atoms with E-state index in [4.69, 9.17) is 9.47 Å². The number of carbonyl (C=O) groups excluding carboxylic acids is 2. The lowest BCUT2D eigenvalue weighted by Crippen LogP contribution is -2.24. The number of allylic oxidation sites excluding steroid dienone is 3. The molecular formula is C25H33NO5. The number of nitrogens with one attached hydrogen (secondary N) is 1. The summed E-state index contributed by atoms with van der Waals surface area (Å²) in [5.41, 5.74) is 4.82. The SMILES string of the molecule is COc1c(C)c2c(c(O)c1C/C=C(\C)CCC(=O)NCCC1=CCCCC1)C(=O)OC2. The molecule has 0 fully saturated rings.